The van der Waals surface area contributed by atoms with Crippen LogP contribution < -0.4 is 0 Å². The standard InChI is InChI=1S/C20H40O2/c1-6-7-8-9-10-11-12-13-14-15-18(2)16-17-22-19(21)20(3,4)5/h18H,6-17H2,1-5H3. The summed E-state index contributed by atoms with van der Waals surface area (Å²) in [6, 6.07) is 0. The summed E-state index contributed by atoms with van der Waals surface area (Å²) in [5, 5.41) is 0. The van der Waals surface area contributed by atoms with E-state index in [-0.39, 0.29) is 11.4 Å². The zero-order valence-electron chi connectivity index (χ0n) is 15.9. The van der Waals surface area contributed by atoms with Crippen LogP contribution in [0, 0.1) is 11.3 Å². The Morgan fingerprint density at radius 2 is 1.36 bits per heavy atom. The van der Waals surface area contributed by atoms with E-state index in [9.17, 15) is 4.79 Å². The van der Waals surface area contributed by atoms with E-state index < -0.39 is 0 Å². The lowest BCUT2D eigenvalue weighted by Gasteiger charge is -2.18. The van der Waals surface area contributed by atoms with Crippen molar-refractivity contribution in [3.63, 3.8) is 0 Å². The van der Waals surface area contributed by atoms with Crippen LogP contribution >= 0.6 is 0 Å². The molecule has 0 aliphatic heterocycles. The van der Waals surface area contributed by atoms with Gasteiger partial charge < -0.3 is 4.74 Å². The zero-order valence-corrected chi connectivity index (χ0v) is 15.9. The van der Waals surface area contributed by atoms with Crippen LogP contribution in [0.2, 0.25) is 0 Å². The van der Waals surface area contributed by atoms with Gasteiger partial charge in [0.1, 0.15) is 0 Å². The van der Waals surface area contributed by atoms with Crippen molar-refractivity contribution < 1.29 is 9.53 Å². The molecule has 0 bridgehead atoms. The van der Waals surface area contributed by atoms with Crippen LogP contribution in [0.4, 0.5) is 0 Å². The maximum atomic E-state index is 11.7. The summed E-state index contributed by atoms with van der Waals surface area (Å²) < 4.78 is 5.33. The van der Waals surface area contributed by atoms with Gasteiger partial charge in [-0.05, 0) is 33.1 Å². The fraction of sp³-hybridized carbons (Fsp3) is 0.950. The summed E-state index contributed by atoms with van der Waals surface area (Å²) in [5.74, 6) is 0.583. The molecule has 0 amide bonds. The molecule has 0 radical (unpaired) electrons. The van der Waals surface area contributed by atoms with E-state index >= 15 is 0 Å². The van der Waals surface area contributed by atoms with Crippen molar-refractivity contribution in [1.82, 2.24) is 0 Å². The summed E-state index contributed by atoms with van der Waals surface area (Å²) in [7, 11) is 0. The minimum absolute atomic E-state index is 0.0808. The maximum Gasteiger partial charge on any atom is 0.311 e. The predicted octanol–water partition coefficient (Wildman–Crippen LogP) is 6.52. The van der Waals surface area contributed by atoms with Gasteiger partial charge in [0.2, 0.25) is 0 Å². The number of hydrogen-bond acceptors (Lipinski definition) is 2. The molecule has 0 aromatic rings. The minimum Gasteiger partial charge on any atom is -0.465 e. The topological polar surface area (TPSA) is 26.3 Å². The van der Waals surface area contributed by atoms with Crippen molar-refractivity contribution in [1.29, 1.82) is 0 Å². The molecule has 0 aliphatic rings. The van der Waals surface area contributed by atoms with Gasteiger partial charge in [0.15, 0.2) is 0 Å². The van der Waals surface area contributed by atoms with Gasteiger partial charge in [0, 0.05) is 0 Å². The van der Waals surface area contributed by atoms with E-state index in [4.69, 9.17) is 4.74 Å². The quantitative estimate of drug-likeness (QED) is 0.286. The third-order valence-electron chi connectivity index (χ3n) is 4.26. The third kappa shape index (κ3) is 13.2. The Labute approximate surface area is 139 Å². The number of carbonyl (C=O) groups is 1. The number of carbonyl (C=O) groups excluding carboxylic acids is 1. The first-order valence-electron chi connectivity index (χ1n) is 9.55. The summed E-state index contributed by atoms with van der Waals surface area (Å²) in [5.41, 5.74) is -0.375. The molecule has 0 saturated carbocycles. The molecular weight excluding hydrogens is 272 g/mol. The number of unbranched alkanes of at least 4 members (excludes halogenated alkanes) is 8. The molecule has 132 valence electrons. The molecule has 2 nitrogen and oxygen atoms in total. The summed E-state index contributed by atoms with van der Waals surface area (Å²) in [6.07, 6.45) is 14.7. The average Bonchev–Trinajstić information content (AvgIpc) is 2.44. The van der Waals surface area contributed by atoms with Crippen molar-refractivity contribution in [2.24, 2.45) is 11.3 Å². The van der Waals surface area contributed by atoms with E-state index in [2.05, 4.69) is 13.8 Å². The highest BCUT2D eigenvalue weighted by Crippen LogP contribution is 2.18. The highest BCUT2D eigenvalue weighted by atomic mass is 16.5. The van der Waals surface area contributed by atoms with Crippen molar-refractivity contribution in [3.8, 4) is 0 Å². The fourth-order valence-corrected chi connectivity index (χ4v) is 2.52. The summed E-state index contributed by atoms with van der Waals surface area (Å²) in [4.78, 5) is 11.7. The molecule has 22 heavy (non-hydrogen) atoms. The second kappa shape index (κ2) is 13.0. The molecule has 2 heteroatoms. The molecule has 0 aliphatic carbocycles. The molecular formula is C20H40O2. The van der Waals surface area contributed by atoms with E-state index in [0.717, 1.165) is 6.42 Å². The van der Waals surface area contributed by atoms with Crippen LogP contribution in [0.3, 0.4) is 0 Å². The third-order valence-corrected chi connectivity index (χ3v) is 4.26. The number of ether oxygens (including phenoxy) is 1. The summed E-state index contributed by atoms with van der Waals surface area (Å²) in [6.45, 7) is 10.8. The van der Waals surface area contributed by atoms with Crippen LogP contribution in [0.15, 0.2) is 0 Å². The Balaban J connectivity index is 3.36. The number of rotatable bonds is 13. The Bertz CT molecular complexity index is 265. The molecule has 0 rings (SSSR count). The maximum absolute atomic E-state index is 11.7. The Morgan fingerprint density at radius 1 is 0.864 bits per heavy atom. The fourth-order valence-electron chi connectivity index (χ4n) is 2.52. The van der Waals surface area contributed by atoms with E-state index in [1.54, 1.807) is 0 Å². The highest BCUT2D eigenvalue weighted by molar-refractivity contribution is 5.75. The summed E-state index contributed by atoms with van der Waals surface area (Å²) >= 11 is 0. The predicted molar refractivity (Wildman–Crippen MR) is 96.0 cm³/mol. The van der Waals surface area contributed by atoms with Crippen molar-refractivity contribution in [2.45, 2.75) is 105 Å². The number of hydrogen-bond donors (Lipinski definition) is 0. The van der Waals surface area contributed by atoms with Gasteiger partial charge in [-0.1, -0.05) is 78.1 Å². The first-order valence-corrected chi connectivity index (χ1v) is 9.55. The number of esters is 1. The van der Waals surface area contributed by atoms with E-state index in [0.29, 0.717) is 12.5 Å². The first kappa shape index (κ1) is 21.5. The molecule has 0 saturated heterocycles. The molecule has 0 fully saturated rings. The molecule has 0 aromatic carbocycles. The Kier molecular flexibility index (Phi) is 12.6. The van der Waals surface area contributed by atoms with Crippen LogP contribution in [0.1, 0.15) is 105 Å². The smallest absolute Gasteiger partial charge is 0.311 e. The van der Waals surface area contributed by atoms with Gasteiger partial charge in [-0.25, -0.2) is 0 Å². The SMILES string of the molecule is CCCCCCCCCCCC(C)CCOC(=O)C(C)(C)C. The van der Waals surface area contributed by atoms with Gasteiger partial charge in [-0.3, -0.25) is 4.79 Å². The molecule has 1 unspecified atom stereocenters. The van der Waals surface area contributed by atoms with E-state index in [1.807, 2.05) is 20.8 Å². The van der Waals surface area contributed by atoms with Crippen LogP contribution in [-0.4, -0.2) is 12.6 Å². The van der Waals surface area contributed by atoms with Gasteiger partial charge in [-0.15, -0.1) is 0 Å². The van der Waals surface area contributed by atoms with E-state index in [1.165, 1.54) is 64.2 Å². The largest absolute Gasteiger partial charge is 0.465 e. The lowest BCUT2D eigenvalue weighted by atomic mass is 9.97. The zero-order chi connectivity index (χ0) is 16.8. The Morgan fingerprint density at radius 3 is 1.86 bits per heavy atom. The van der Waals surface area contributed by atoms with Crippen LogP contribution in [0.25, 0.3) is 0 Å². The lowest BCUT2D eigenvalue weighted by Crippen LogP contribution is -2.23. The van der Waals surface area contributed by atoms with Gasteiger partial charge in [0.25, 0.3) is 0 Å². The van der Waals surface area contributed by atoms with Crippen molar-refractivity contribution in [3.05, 3.63) is 0 Å². The Hall–Kier alpha value is -0.530. The molecule has 1 atom stereocenters. The first-order chi connectivity index (χ1) is 10.4. The highest BCUT2D eigenvalue weighted by Gasteiger charge is 2.22. The molecule has 0 N–H and O–H groups in total. The van der Waals surface area contributed by atoms with Crippen molar-refractivity contribution >= 4 is 5.97 Å². The van der Waals surface area contributed by atoms with Crippen LogP contribution in [0.5, 0.6) is 0 Å². The minimum atomic E-state index is -0.375. The van der Waals surface area contributed by atoms with Gasteiger partial charge in [0.05, 0.1) is 12.0 Å². The van der Waals surface area contributed by atoms with Crippen LogP contribution in [-0.2, 0) is 9.53 Å². The average molecular weight is 313 g/mol. The molecule has 0 spiro atoms. The second-order valence-electron chi connectivity index (χ2n) is 7.90. The molecule has 0 heterocycles. The normalized spacial score (nSPS) is 13.1. The van der Waals surface area contributed by atoms with Gasteiger partial charge in [-0.2, -0.15) is 0 Å². The monoisotopic (exact) mass is 312 g/mol. The van der Waals surface area contributed by atoms with Crippen molar-refractivity contribution in [2.75, 3.05) is 6.61 Å². The molecule has 0 aromatic heterocycles. The van der Waals surface area contributed by atoms with Gasteiger partial charge >= 0.3 is 5.97 Å². The lowest BCUT2D eigenvalue weighted by molar-refractivity contribution is -0.153. The second-order valence-corrected chi connectivity index (χ2v) is 7.90.